The number of anilines is 1. The molecule has 0 radical (unpaired) electrons. The normalized spacial score (nSPS) is 10.8. The highest BCUT2D eigenvalue weighted by Crippen LogP contribution is 2.22. The highest BCUT2D eigenvalue weighted by molar-refractivity contribution is 6.04. The molecule has 7 heteroatoms. The van der Waals surface area contributed by atoms with Crippen molar-refractivity contribution in [3.63, 3.8) is 0 Å². The average molecular weight is 413 g/mol. The predicted molar refractivity (Wildman–Crippen MR) is 119 cm³/mol. The van der Waals surface area contributed by atoms with E-state index in [0.29, 0.717) is 23.7 Å². The summed E-state index contributed by atoms with van der Waals surface area (Å²) in [5.74, 6) is 1.16. The molecule has 0 aliphatic rings. The van der Waals surface area contributed by atoms with Gasteiger partial charge in [-0.15, -0.1) is 5.10 Å². The smallest absolute Gasteiger partial charge is 0.255 e. The summed E-state index contributed by atoms with van der Waals surface area (Å²) in [6, 6.07) is 24.7. The first-order chi connectivity index (χ1) is 15.1. The molecule has 3 aromatic carbocycles. The molecule has 1 heterocycles. The van der Waals surface area contributed by atoms with E-state index in [1.165, 1.54) is 0 Å². The first-order valence-corrected chi connectivity index (χ1v) is 10.1. The first kappa shape index (κ1) is 20.3. The zero-order chi connectivity index (χ0) is 21.6. The SMILES string of the molecule is CC(C)n1nnnc1-c1cccc(C(=O)Nc2ccc(OCc3ccccc3)cc2)c1. The monoisotopic (exact) mass is 413 g/mol. The van der Waals surface area contributed by atoms with Crippen LogP contribution in [0.4, 0.5) is 5.69 Å². The summed E-state index contributed by atoms with van der Waals surface area (Å²) in [6.45, 7) is 4.50. The molecule has 0 aliphatic heterocycles. The third-order valence-electron chi connectivity index (χ3n) is 4.73. The molecule has 4 aromatic rings. The van der Waals surface area contributed by atoms with Gasteiger partial charge in [0, 0.05) is 16.8 Å². The highest BCUT2D eigenvalue weighted by atomic mass is 16.5. The van der Waals surface area contributed by atoms with Crippen LogP contribution in [0.1, 0.15) is 35.8 Å². The number of rotatable bonds is 7. The third kappa shape index (κ3) is 4.95. The van der Waals surface area contributed by atoms with Gasteiger partial charge in [0.15, 0.2) is 5.82 Å². The van der Waals surface area contributed by atoms with Crippen molar-refractivity contribution in [3.8, 4) is 17.1 Å². The fourth-order valence-electron chi connectivity index (χ4n) is 3.11. The summed E-state index contributed by atoms with van der Waals surface area (Å²) in [7, 11) is 0. The number of nitrogens with one attached hydrogen (secondary N) is 1. The van der Waals surface area contributed by atoms with Crippen LogP contribution in [-0.2, 0) is 6.61 Å². The highest BCUT2D eigenvalue weighted by Gasteiger charge is 2.14. The van der Waals surface area contributed by atoms with Crippen molar-refractivity contribution in [2.75, 3.05) is 5.32 Å². The van der Waals surface area contributed by atoms with E-state index in [2.05, 4.69) is 20.8 Å². The van der Waals surface area contributed by atoms with Crippen LogP contribution in [0.25, 0.3) is 11.4 Å². The molecule has 1 N–H and O–H groups in total. The second kappa shape index (κ2) is 9.21. The van der Waals surface area contributed by atoms with Gasteiger partial charge in [-0.1, -0.05) is 42.5 Å². The zero-order valence-electron chi connectivity index (χ0n) is 17.4. The number of ether oxygens (including phenoxy) is 1. The summed E-state index contributed by atoms with van der Waals surface area (Å²) in [5.41, 5.74) is 3.11. The minimum Gasteiger partial charge on any atom is -0.489 e. The minimum atomic E-state index is -0.205. The van der Waals surface area contributed by atoms with Crippen LogP contribution in [0.3, 0.4) is 0 Å². The van der Waals surface area contributed by atoms with Crippen LogP contribution in [0.5, 0.6) is 5.75 Å². The molecule has 0 aliphatic carbocycles. The van der Waals surface area contributed by atoms with E-state index in [0.717, 1.165) is 16.9 Å². The van der Waals surface area contributed by atoms with Gasteiger partial charge in [-0.05, 0) is 66.2 Å². The van der Waals surface area contributed by atoms with Gasteiger partial charge in [-0.25, -0.2) is 4.68 Å². The van der Waals surface area contributed by atoms with Crippen LogP contribution in [-0.4, -0.2) is 26.1 Å². The van der Waals surface area contributed by atoms with E-state index >= 15 is 0 Å². The van der Waals surface area contributed by atoms with Gasteiger partial charge in [-0.2, -0.15) is 0 Å². The Morgan fingerprint density at radius 3 is 2.52 bits per heavy atom. The van der Waals surface area contributed by atoms with E-state index in [4.69, 9.17) is 4.74 Å². The van der Waals surface area contributed by atoms with Crippen molar-refractivity contribution in [2.24, 2.45) is 0 Å². The number of carbonyl (C=O) groups is 1. The summed E-state index contributed by atoms with van der Waals surface area (Å²) < 4.78 is 7.52. The van der Waals surface area contributed by atoms with Crippen LogP contribution >= 0.6 is 0 Å². The lowest BCUT2D eigenvalue weighted by atomic mass is 10.1. The van der Waals surface area contributed by atoms with Crippen molar-refractivity contribution in [1.29, 1.82) is 0 Å². The first-order valence-electron chi connectivity index (χ1n) is 10.1. The summed E-state index contributed by atoms with van der Waals surface area (Å²) in [5, 5.41) is 14.8. The van der Waals surface area contributed by atoms with Gasteiger partial charge < -0.3 is 10.1 Å². The number of carbonyl (C=O) groups excluding carboxylic acids is 1. The number of hydrogen-bond donors (Lipinski definition) is 1. The topological polar surface area (TPSA) is 81.9 Å². The summed E-state index contributed by atoms with van der Waals surface area (Å²) in [6.07, 6.45) is 0. The van der Waals surface area contributed by atoms with E-state index in [1.54, 1.807) is 16.8 Å². The number of amides is 1. The fourth-order valence-corrected chi connectivity index (χ4v) is 3.11. The molecule has 1 amide bonds. The van der Waals surface area contributed by atoms with Crippen molar-refractivity contribution < 1.29 is 9.53 Å². The largest absolute Gasteiger partial charge is 0.489 e. The maximum Gasteiger partial charge on any atom is 0.255 e. The average Bonchev–Trinajstić information content (AvgIpc) is 3.30. The number of nitrogens with zero attached hydrogens (tertiary/aromatic N) is 4. The molecule has 0 spiro atoms. The molecular formula is C24H23N5O2. The van der Waals surface area contributed by atoms with Gasteiger partial charge in [-0.3, -0.25) is 4.79 Å². The molecule has 4 rings (SSSR count). The maximum atomic E-state index is 12.7. The number of hydrogen-bond acceptors (Lipinski definition) is 5. The molecule has 0 saturated heterocycles. The Labute approximate surface area is 180 Å². The third-order valence-corrected chi connectivity index (χ3v) is 4.73. The summed E-state index contributed by atoms with van der Waals surface area (Å²) >= 11 is 0. The van der Waals surface area contributed by atoms with Crippen LogP contribution in [0, 0.1) is 0 Å². The Hall–Kier alpha value is -4.00. The molecular weight excluding hydrogens is 390 g/mol. The molecule has 7 nitrogen and oxygen atoms in total. The van der Waals surface area contributed by atoms with Gasteiger partial charge in [0.05, 0.1) is 6.04 Å². The molecule has 1 aromatic heterocycles. The molecule has 0 fully saturated rings. The summed E-state index contributed by atoms with van der Waals surface area (Å²) in [4.78, 5) is 12.7. The van der Waals surface area contributed by atoms with Gasteiger partial charge in [0.1, 0.15) is 12.4 Å². The number of aromatic nitrogens is 4. The standard InChI is InChI=1S/C24H23N5O2/c1-17(2)29-23(26-27-28-29)19-9-6-10-20(15-19)24(30)25-21-11-13-22(14-12-21)31-16-18-7-4-3-5-8-18/h3-15,17H,16H2,1-2H3,(H,25,30). The molecule has 31 heavy (non-hydrogen) atoms. The van der Waals surface area contributed by atoms with Crippen molar-refractivity contribution in [2.45, 2.75) is 26.5 Å². The van der Waals surface area contributed by atoms with E-state index in [-0.39, 0.29) is 11.9 Å². The Bertz CT molecular complexity index is 1150. The van der Waals surface area contributed by atoms with Crippen LogP contribution < -0.4 is 10.1 Å². The van der Waals surface area contributed by atoms with Gasteiger partial charge in [0.2, 0.25) is 0 Å². The van der Waals surface area contributed by atoms with Crippen molar-refractivity contribution in [3.05, 3.63) is 90.0 Å². The molecule has 0 atom stereocenters. The van der Waals surface area contributed by atoms with Crippen LogP contribution in [0.15, 0.2) is 78.9 Å². The molecule has 0 bridgehead atoms. The lowest BCUT2D eigenvalue weighted by Gasteiger charge is -2.10. The number of tetrazole rings is 1. The predicted octanol–water partition coefficient (Wildman–Crippen LogP) is 4.75. The van der Waals surface area contributed by atoms with Gasteiger partial charge >= 0.3 is 0 Å². The van der Waals surface area contributed by atoms with E-state index in [1.807, 2.05) is 80.6 Å². The fraction of sp³-hybridized carbons (Fsp3) is 0.167. The molecule has 0 saturated carbocycles. The Morgan fingerprint density at radius 2 is 1.77 bits per heavy atom. The van der Waals surface area contributed by atoms with E-state index < -0.39 is 0 Å². The molecule has 0 unspecified atom stereocenters. The Morgan fingerprint density at radius 1 is 1.00 bits per heavy atom. The molecule has 156 valence electrons. The minimum absolute atomic E-state index is 0.116. The number of benzene rings is 3. The van der Waals surface area contributed by atoms with Crippen LogP contribution in [0.2, 0.25) is 0 Å². The lowest BCUT2D eigenvalue weighted by Crippen LogP contribution is -2.12. The second-order valence-electron chi connectivity index (χ2n) is 7.37. The maximum absolute atomic E-state index is 12.7. The van der Waals surface area contributed by atoms with Crippen molar-refractivity contribution in [1.82, 2.24) is 20.2 Å². The van der Waals surface area contributed by atoms with Crippen molar-refractivity contribution >= 4 is 11.6 Å². The quantitative estimate of drug-likeness (QED) is 0.473. The lowest BCUT2D eigenvalue weighted by molar-refractivity contribution is 0.102. The Kier molecular flexibility index (Phi) is 6.03. The Balaban J connectivity index is 1.42. The second-order valence-corrected chi connectivity index (χ2v) is 7.37. The van der Waals surface area contributed by atoms with Gasteiger partial charge in [0.25, 0.3) is 5.91 Å². The zero-order valence-corrected chi connectivity index (χ0v) is 17.4. The van der Waals surface area contributed by atoms with E-state index in [9.17, 15) is 4.79 Å².